The summed E-state index contributed by atoms with van der Waals surface area (Å²) in [5, 5.41) is 0.601. The molecule has 1 saturated heterocycles. The molecule has 1 aliphatic rings. The van der Waals surface area contributed by atoms with Crippen molar-refractivity contribution in [2.24, 2.45) is 0 Å². The van der Waals surface area contributed by atoms with Crippen molar-refractivity contribution < 1.29 is 23.5 Å². The summed E-state index contributed by atoms with van der Waals surface area (Å²) in [4.78, 5) is 25.5. The number of methoxy groups -OCH3 is 1. The second kappa shape index (κ2) is 6.97. The summed E-state index contributed by atoms with van der Waals surface area (Å²) >= 11 is 5.93. The molecule has 1 aromatic carbocycles. The molecule has 7 heteroatoms. The van der Waals surface area contributed by atoms with Crippen molar-refractivity contribution >= 4 is 23.5 Å². The number of carbonyl (C=O) groups is 2. The molecule has 0 radical (unpaired) electrons. The van der Waals surface area contributed by atoms with Gasteiger partial charge in [-0.25, -0.2) is 4.79 Å². The standard InChI is InChI=1S/C17H16ClNO5/c1-22-17(21)11-7-15(23-10-11)16(20)19-6-5-14(9-19)24-13-4-2-3-12(18)8-13/h2-4,7-8,10,14H,5-6,9H2,1H3/t14-/m1/s1. The number of furan rings is 1. The number of benzene rings is 1. The van der Waals surface area contributed by atoms with Crippen LogP contribution in [0.15, 0.2) is 41.0 Å². The van der Waals surface area contributed by atoms with Gasteiger partial charge in [-0.3, -0.25) is 4.79 Å². The molecule has 0 N–H and O–H groups in total. The Morgan fingerprint density at radius 3 is 2.92 bits per heavy atom. The number of nitrogens with zero attached hydrogens (tertiary/aromatic N) is 1. The van der Waals surface area contributed by atoms with Gasteiger partial charge in [0.15, 0.2) is 5.76 Å². The Bertz CT molecular complexity index is 757. The third kappa shape index (κ3) is 3.54. The molecule has 2 heterocycles. The van der Waals surface area contributed by atoms with Crippen LogP contribution in [-0.2, 0) is 4.74 Å². The molecule has 0 bridgehead atoms. The number of halogens is 1. The van der Waals surface area contributed by atoms with E-state index >= 15 is 0 Å². The van der Waals surface area contributed by atoms with E-state index in [4.69, 9.17) is 20.8 Å². The van der Waals surface area contributed by atoms with Gasteiger partial charge in [0.05, 0.1) is 19.2 Å². The predicted octanol–water partition coefficient (Wildman–Crippen LogP) is 3.01. The zero-order valence-electron chi connectivity index (χ0n) is 13.0. The number of hydrogen-bond acceptors (Lipinski definition) is 5. The first kappa shape index (κ1) is 16.4. The minimum atomic E-state index is -0.540. The van der Waals surface area contributed by atoms with Gasteiger partial charge in [-0.1, -0.05) is 17.7 Å². The average Bonchev–Trinajstić information content (AvgIpc) is 3.23. The number of esters is 1. The highest BCUT2D eigenvalue weighted by molar-refractivity contribution is 6.30. The van der Waals surface area contributed by atoms with Crippen LogP contribution in [0.5, 0.6) is 5.75 Å². The zero-order valence-corrected chi connectivity index (χ0v) is 13.8. The lowest BCUT2D eigenvalue weighted by atomic mass is 10.3. The lowest BCUT2D eigenvalue weighted by Crippen LogP contribution is -2.30. The first-order valence-electron chi connectivity index (χ1n) is 7.45. The minimum absolute atomic E-state index is 0.109. The van der Waals surface area contributed by atoms with Gasteiger partial charge in [0.2, 0.25) is 0 Å². The summed E-state index contributed by atoms with van der Waals surface area (Å²) in [6, 6.07) is 8.54. The van der Waals surface area contributed by atoms with Gasteiger partial charge < -0.3 is 18.8 Å². The van der Waals surface area contributed by atoms with Crippen LogP contribution in [0.3, 0.4) is 0 Å². The first-order valence-corrected chi connectivity index (χ1v) is 7.83. The van der Waals surface area contributed by atoms with Gasteiger partial charge in [0, 0.05) is 24.1 Å². The van der Waals surface area contributed by atoms with E-state index in [1.165, 1.54) is 19.4 Å². The Morgan fingerprint density at radius 1 is 1.33 bits per heavy atom. The van der Waals surface area contributed by atoms with Gasteiger partial charge in [-0.2, -0.15) is 0 Å². The van der Waals surface area contributed by atoms with Crippen LogP contribution in [0, 0.1) is 0 Å². The molecular weight excluding hydrogens is 334 g/mol. The Morgan fingerprint density at radius 2 is 2.17 bits per heavy atom. The van der Waals surface area contributed by atoms with Crippen LogP contribution in [0.2, 0.25) is 5.02 Å². The molecule has 24 heavy (non-hydrogen) atoms. The van der Waals surface area contributed by atoms with Crippen molar-refractivity contribution in [2.75, 3.05) is 20.2 Å². The van der Waals surface area contributed by atoms with Crippen LogP contribution in [0.4, 0.5) is 0 Å². The number of hydrogen-bond donors (Lipinski definition) is 0. The highest BCUT2D eigenvalue weighted by Crippen LogP contribution is 2.23. The van der Waals surface area contributed by atoms with Crippen LogP contribution in [0.25, 0.3) is 0 Å². The van der Waals surface area contributed by atoms with Crippen molar-refractivity contribution in [1.29, 1.82) is 0 Å². The van der Waals surface area contributed by atoms with Crippen LogP contribution >= 0.6 is 11.6 Å². The van der Waals surface area contributed by atoms with Crippen LogP contribution in [-0.4, -0.2) is 43.1 Å². The van der Waals surface area contributed by atoms with E-state index in [-0.39, 0.29) is 23.3 Å². The number of carbonyl (C=O) groups excluding carboxylic acids is 2. The third-order valence-corrected chi connectivity index (χ3v) is 4.00. The van der Waals surface area contributed by atoms with E-state index in [2.05, 4.69) is 4.74 Å². The normalized spacial score (nSPS) is 16.9. The van der Waals surface area contributed by atoms with Crippen LogP contribution in [0.1, 0.15) is 27.3 Å². The molecule has 6 nitrogen and oxygen atoms in total. The summed E-state index contributed by atoms with van der Waals surface area (Å²) in [5.41, 5.74) is 0.215. The first-order chi connectivity index (χ1) is 11.6. The topological polar surface area (TPSA) is 69.0 Å². The van der Waals surface area contributed by atoms with Crippen molar-refractivity contribution in [2.45, 2.75) is 12.5 Å². The van der Waals surface area contributed by atoms with E-state index in [0.717, 1.165) is 0 Å². The van der Waals surface area contributed by atoms with Crippen molar-refractivity contribution in [3.8, 4) is 5.75 Å². The summed E-state index contributed by atoms with van der Waals surface area (Å²) in [5.74, 6) is -0.0321. The minimum Gasteiger partial charge on any atom is -0.488 e. The molecule has 0 saturated carbocycles. The molecule has 0 unspecified atom stereocenters. The maximum absolute atomic E-state index is 12.4. The van der Waals surface area contributed by atoms with E-state index in [9.17, 15) is 9.59 Å². The van der Waals surface area contributed by atoms with E-state index < -0.39 is 5.97 Å². The molecule has 1 atom stereocenters. The summed E-state index contributed by atoms with van der Waals surface area (Å²) in [7, 11) is 1.27. The molecule has 0 spiro atoms. The molecule has 1 fully saturated rings. The van der Waals surface area contributed by atoms with Gasteiger partial charge in [-0.15, -0.1) is 0 Å². The van der Waals surface area contributed by atoms with Crippen molar-refractivity contribution in [3.05, 3.63) is 52.9 Å². The van der Waals surface area contributed by atoms with Gasteiger partial charge >= 0.3 is 5.97 Å². The summed E-state index contributed by atoms with van der Waals surface area (Å²) in [6.07, 6.45) is 1.82. The number of rotatable bonds is 4. The maximum Gasteiger partial charge on any atom is 0.341 e. The lowest BCUT2D eigenvalue weighted by Gasteiger charge is -2.16. The Labute approximate surface area is 143 Å². The highest BCUT2D eigenvalue weighted by atomic mass is 35.5. The molecule has 0 aliphatic carbocycles. The maximum atomic E-state index is 12.4. The van der Waals surface area contributed by atoms with Crippen molar-refractivity contribution in [1.82, 2.24) is 4.90 Å². The molecule has 126 valence electrons. The van der Waals surface area contributed by atoms with E-state index in [0.29, 0.717) is 30.3 Å². The fraction of sp³-hybridized carbons (Fsp3) is 0.294. The van der Waals surface area contributed by atoms with Gasteiger partial charge in [0.25, 0.3) is 5.91 Å². The second-order valence-corrected chi connectivity index (χ2v) is 5.86. The van der Waals surface area contributed by atoms with Crippen molar-refractivity contribution in [3.63, 3.8) is 0 Å². The quantitative estimate of drug-likeness (QED) is 0.794. The molecule has 2 aromatic rings. The molecular formula is C17H16ClNO5. The smallest absolute Gasteiger partial charge is 0.341 e. The molecule has 1 aliphatic heterocycles. The molecule has 1 aromatic heterocycles. The largest absolute Gasteiger partial charge is 0.488 e. The number of likely N-dealkylation sites (tertiary alicyclic amines) is 1. The highest BCUT2D eigenvalue weighted by Gasteiger charge is 2.30. The number of amides is 1. The van der Waals surface area contributed by atoms with E-state index in [1.54, 1.807) is 17.0 Å². The summed E-state index contributed by atoms with van der Waals surface area (Å²) < 4.78 is 15.6. The lowest BCUT2D eigenvalue weighted by molar-refractivity contribution is 0.0599. The average molecular weight is 350 g/mol. The summed E-state index contributed by atoms with van der Waals surface area (Å²) in [6.45, 7) is 0.998. The Balaban J connectivity index is 1.61. The van der Waals surface area contributed by atoms with Gasteiger partial charge in [0.1, 0.15) is 18.1 Å². The molecule has 1 amide bonds. The van der Waals surface area contributed by atoms with Crippen LogP contribution < -0.4 is 4.74 Å². The third-order valence-electron chi connectivity index (χ3n) is 3.76. The SMILES string of the molecule is COC(=O)c1coc(C(=O)N2CC[C@@H](Oc3cccc(Cl)c3)C2)c1. The van der Waals surface area contributed by atoms with Gasteiger partial charge in [-0.05, 0) is 18.2 Å². The van der Waals surface area contributed by atoms with E-state index in [1.807, 2.05) is 12.1 Å². The fourth-order valence-corrected chi connectivity index (χ4v) is 2.75. The Hall–Kier alpha value is -2.47. The monoisotopic (exact) mass is 349 g/mol. The molecule has 3 rings (SSSR count). The Kier molecular flexibility index (Phi) is 4.76. The number of ether oxygens (including phenoxy) is 2. The zero-order chi connectivity index (χ0) is 17.1. The predicted molar refractivity (Wildman–Crippen MR) is 86.4 cm³/mol. The second-order valence-electron chi connectivity index (χ2n) is 5.43. The fourth-order valence-electron chi connectivity index (χ4n) is 2.57.